The maximum atomic E-state index is 13.8. The summed E-state index contributed by atoms with van der Waals surface area (Å²) in [5, 5.41) is 3.99. The number of hydrogen-bond donors (Lipinski definition) is 0. The lowest BCUT2D eigenvalue weighted by Crippen LogP contribution is -2.34. The fraction of sp³-hybridized carbons (Fsp3) is 0.208. The molecule has 162 valence electrons. The first-order valence-corrected chi connectivity index (χ1v) is 10.3. The number of para-hydroxylation sites is 1. The van der Waals surface area contributed by atoms with Gasteiger partial charge in [0.05, 0.1) is 12.2 Å². The molecule has 1 aliphatic heterocycles. The first-order chi connectivity index (χ1) is 15.4. The lowest BCUT2D eigenvalue weighted by molar-refractivity contribution is -0.142. The minimum Gasteiger partial charge on any atom is -0.364 e. The molecule has 0 saturated carbocycles. The molecule has 0 bridgehead atoms. The van der Waals surface area contributed by atoms with E-state index in [4.69, 9.17) is 0 Å². The molecule has 4 aromatic rings. The maximum absolute atomic E-state index is 13.8. The molecule has 0 unspecified atom stereocenters. The molecule has 1 aliphatic rings. The van der Waals surface area contributed by atoms with Gasteiger partial charge in [0.1, 0.15) is 5.69 Å². The van der Waals surface area contributed by atoms with E-state index in [1.807, 2.05) is 29.2 Å². The van der Waals surface area contributed by atoms with Gasteiger partial charge in [0, 0.05) is 23.9 Å². The SMILES string of the molecule is O=C(CN1CCCc2ccccc21)c1cc2nc(-c3ccccc3)cc(C(F)(F)F)n2n1. The normalized spacial score (nSPS) is 13.9. The summed E-state index contributed by atoms with van der Waals surface area (Å²) in [6.45, 7) is 0.758. The van der Waals surface area contributed by atoms with Gasteiger partial charge in [-0.3, -0.25) is 4.79 Å². The second-order valence-electron chi connectivity index (χ2n) is 7.77. The molecule has 0 amide bonds. The zero-order valence-electron chi connectivity index (χ0n) is 17.0. The van der Waals surface area contributed by atoms with Crippen molar-refractivity contribution in [1.82, 2.24) is 14.6 Å². The van der Waals surface area contributed by atoms with Crippen molar-refractivity contribution in [3.05, 3.63) is 83.7 Å². The fourth-order valence-electron chi connectivity index (χ4n) is 4.10. The van der Waals surface area contributed by atoms with E-state index in [0.717, 1.165) is 30.2 Å². The molecule has 0 fully saturated rings. The number of carbonyl (C=O) groups excluding carboxylic acids is 1. The quantitative estimate of drug-likeness (QED) is 0.420. The highest BCUT2D eigenvalue weighted by atomic mass is 19.4. The number of fused-ring (bicyclic) bond motifs is 2. The molecule has 2 aromatic carbocycles. The smallest absolute Gasteiger partial charge is 0.364 e. The number of aromatic nitrogens is 3. The van der Waals surface area contributed by atoms with Crippen molar-refractivity contribution >= 4 is 17.1 Å². The summed E-state index contributed by atoms with van der Waals surface area (Å²) in [5.41, 5.74) is 1.86. The van der Waals surface area contributed by atoms with Crippen molar-refractivity contribution in [2.24, 2.45) is 0 Å². The summed E-state index contributed by atoms with van der Waals surface area (Å²) in [4.78, 5) is 19.3. The number of aryl methyl sites for hydroxylation is 1. The number of hydrogen-bond acceptors (Lipinski definition) is 4. The third-order valence-corrected chi connectivity index (χ3v) is 5.61. The Kier molecular flexibility index (Phi) is 4.92. The van der Waals surface area contributed by atoms with Crippen molar-refractivity contribution in [2.45, 2.75) is 19.0 Å². The van der Waals surface area contributed by atoms with Gasteiger partial charge in [0.2, 0.25) is 5.78 Å². The standard InChI is InChI=1S/C24H19F3N4O/c25-24(26,27)22-13-18(16-7-2-1-3-8-16)28-23-14-19(29-31(22)23)21(32)15-30-12-6-10-17-9-4-5-11-20(17)30/h1-5,7-9,11,13-14H,6,10,12,15H2. The molecule has 0 aliphatic carbocycles. The number of carbonyl (C=O) groups is 1. The first kappa shape index (κ1) is 20.2. The molecular weight excluding hydrogens is 417 g/mol. The minimum absolute atomic E-state index is 0.0129. The lowest BCUT2D eigenvalue weighted by Gasteiger charge is -2.30. The van der Waals surface area contributed by atoms with Gasteiger partial charge in [-0.2, -0.15) is 18.3 Å². The zero-order valence-corrected chi connectivity index (χ0v) is 17.0. The predicted octanol–water partition coefficient (Wildman–Crippen LogP) is 5.05. The van der Waals surface area contributed by atoms with Gasteiger partial charge in [0.15, 0.2) is 11.3 Å². The number of ketones is 1. The average Bonchev–Trinajstić information content (AvgIpc) is 3.23. The van der Waals surface area contributed by atoms with Gasteiger partial charge >= 0.3 is 6.18 Å². The van der Waals surface area contributed by atoms with Crippen LogP contribution in [0.4, 0.5) is 18.9 Å². The summed E-state index contributed by atoms with van der Waals surface area (Å²) in [6.07, 6.45) is -2.80. The molecule has 5 rings (SSSR count). The third-order valence-electron chi connectivity index (χ3n) is 5.61. The second kappa shape index (κ2) is 7.78. The first-order valence-electron chi connectivity index (χ1n) is 10.3. The number of Topliss-reactive ketones (excluding diaryl/α,β-unsaturated/α-hetero) is 1. The van der Waals surface area contributed by atoms with Crippen LogP contribution in [0.1, 0.15) is 28.2 Å². The Labute approximate surface area is 182 Å². The summed E-state index contributed by atoms with van der Waals surface area (Å²) >= 11 is 0. The van der Waals surface area contributed by atoms with E-state index < -0.39 is 11.9 Å². The van der Waals surface area contributed by atoms with Crippen LogP contribution in [0.2, 0.25) is 0 Å². The monoisotopic (exact) mass is 436 g/mol. The van der Waals surface area contributed by atoms with Gasteiger partial charge in [-0.25, -0.2) is 9.50 Å². The molecule has 0 atom stereocenters. The summed E-state index contributed by atoms with van der Waals surface area (Å²) < 4.78 is 42.1. The van der Waals surface area contributed by atoms with Crippen LogP contribution in [0.5, 0.6) is 0 Å². The average molecular weight is 436 g/mol. The van der Waals surface area contributed by atoms with Gasteiger partial charge in [-0.15, -0.1) is 0 Å². The van der Waals surface area contributed by atoms with Crippen LogP contribution >= 0.6 is 0 Å². The van der Waals surface area contributed by atoms with Crippen LogP contribution < -0.4 is 4.90 Å². The molecule has 2 aromatic heterocycles. The third kappa shape index (κ3) is 3.72. The Hall–Kier alpha value is -3.68. The molecule has 0 N–H and O–H groups in total. The van der Waals surface area contributed by atoms with Crippen molar-refractivity contribution < 1.29 is 18.0 Å². The molecule has 32 heavy (non-hydrogen) atoms. The van der Waals surface area contributed by atoms with Crippen LogP contribution in [-0.4, -0.2) is 33.5 Å². The van der Waals surface area contributed by atoms with Crippen LogP contribution in [0.25, 0.3) is 16.9 Å². The van der Waals surface area contributed by atoms with Crippen molar-refractivity contribution in [3.63, 3.8) is 0 Å². The number of halogens is 3. The number of alkyl halides is 3. The molecule has 8 heteroatoms. The maximum Gasteiger partial charge on any atom is 0.433 e. The van der Waals surface area contributed by atoms with Crippen molar-refractivity contribution in [2.75, 3.05) is 18.0 Å². The van der Waals surface area contributed by atoms with Crippen LogP contribution in [-0.2, 0) is 12.6 Å². The molecule has 0 saturated heterocycles. The summed E-state index contributed by atoms with van der Waals surface area (Å²) in [7, 11) is 0. The highest BCUT2D eigenvalue weighted by molar-refractivity contribution is 5.98. The van der Waals surface area contributed by atoms with Gasteiger partial charge in [0.25, 0.3) is 0 Å². The number of rotatable bonds is 4. The van der Waals surface area contributed by atoms with E-state index in [1.165, 1.54) is 6.07 Å². The van der Waals surface area contributed by atoms with Gasteiger partial charge in [-0.1, -0.05) is 48.5 Å². The minimum atomic E-state index is -4.65. The molecule has 0 spiro atoms. The highest BCUT2D eigenvalue weighted by Gasteiger charge is 2.35. The van der Waals surface area contributed by atoms with Crippen LogP contribution in [0.3, 0.4) is 0 Å². The van der Waals surface area contributed by atoms with Crippen LogP contribution in [0.15, 0.2) is 66.7 Å². The topological polar surface area (TPSA) is 50.5 Å². The van der Waals surface area contributed by atoms with Gasteiger partial charge in [-0.05, 0) is 30.5 Å². The molecule has 3 heterocycles. The number of anilines is 1. The van der Waals surface area contributed by atoms with Crippen molar-refractivity contribution in [3.8, 4) is 11.3 Å². The van der Waals surface area contributed by atoms with Gasteiger partial charge < -0.3 is 4.90 Å². The molecule has 0 radical (unpaired) electrons. The van der Waals surface area contributed by atoms with E-state index in [-0.39, 0.29) is 29.4 Å². The Bertz CT molecular complexity index is 1300. The predicted molar refractivity (Wildman–Crippen MR) is 115 cm³/mol. The molecule has 5 nitrogen and oxygen atoms in total. The summed E-state index contributed by atoms with van der Waals surface area (Å²) in [6, 6.07) is 18.8. The van der Waals surface area contributed by atoms with E-state index in [0.29, 0.717) is 16.6 Å². The van der Waals surface area contributed by atoms with Crippen molar-refractivity contribution in [1.29, 1.82) is 0 Å². The largest absolute Gasteiger partial charge is 0.433 e. The Morgan fingerprint density at radius 1 is 1.00 bits per heavy atom. The zero-order chi connectivity index (χ0) is 22.3. The molecular formula is C24H19F3N4O. The highest BCUT2D eigenvalue weighted by Crippen LogP contribution is 2.32. The fourth-order valence-corrected chi connectivity index (χ4v) is 4.10. The summed E-state index contributed by atoms with van der Waals surface area (Å²) in [5.74, 6) is -0.346. The number of nitrogens with zero attached hydrogens (tertiary/aromatic N) is 4. The Morgan fingerprint density at radius 2 is 1.75 bits per heavy atom. The Morgan fingerprint density at radius 3 is 2.53 bits per heavy atom. The second-order valence-corrected chi connectivity index (χ2v) is 7.77. The lowest BCUT2D eigenvalue weighted by atomic mass is 10.0. The number of benzene rings is 2. The van der Waals surface area contributed by atoms with Crippen LogP contribution in [0, 0.1) is 0 Å². The van der Waals surface area contributed by atoms with E-state index in [9.17, 15) is 18.0 Å². The van der Waals surface area contributed by atoms with E-state index >= 15 is 0 Å². The Balaban J connectivity index is 1.52. The van der Waals surface area contributed by atoms with E-state index in [1.54, 1.807) is 30.3 Å². The van der Waals surface area contributed by atoms with E-state index in [2.05, 4.69) is 10.1 Å².